The van der Waals surface area contributed by atoms with E-state index >= 15 is 0 Å². The van der Waals surface area contributed by atoms with Gasteiger partial charge in [0.1, 0.15) is 0 Å². The van der Waals surface area contributed by atoms with Crippen LogP contribution in [0.15, 0.2) is 30.3 Å². The van der Waals surface area contributed by atoms with E-state index in [9.17, 15) is 5.11 Å². The smallest absolute Gasteiger partial charge is 0.0945 e. The van der Waals surface area contributed by atoms with Gasteiger partial charge in [-0.3, -0.25) is 4.90 Å². The quantitative estimate of drug-likeness (QED) is 0.770. The monoisotopic (exact) mass is 261 g/mol. The summed E-state index contributed by atoms with van der Waals surface area (Å²) >= 11 is 0. The van der Waals surface area contributed by atoms with Gasteiger partial charge in [0.25, 0.3) is 0 Å². The van der Waals surface area contributed by atoms with E-state index in [1.807, 2.05) is 30.3 Å². The third-order valence-corrected chi connectivity index (χ3v) is 4.14. The summed E-state index contributed by atoms with van der Waals surface area (Å²) in [6.07, 6.45) is 5.72. The number of aliphatic hydroxyl groups excluding tert-OH is 1. The number of hydrogen-bond acceptors (Lipinski definition) is 2. The van der Waals surface area contributed by atoms with E-state index in [-0.39, 0.29) is 12.1 Å². The second-order valence-electron chi connectivity index (χ2n) is 5.65. The summed E-state index contributed by atoms with van der Waals surface area (Å²) in [5.74, 6) is 0. The fraction of sp³-hybridized carbons (Fsp3) is 0.647. The first kappa shape index (κ1) is 14.5. The number of aliphatic hydroxyl groups is 1. The first-order valence-corrected chi connectivity index (χ1v) is 7.76. The van der Waals surface area contributed by atoms with Crippen LogP contribution in [0.5, 0.6) is 0 Å². The molecule has 2 nitrogen and oxygen atoms in total. The van der Waals surface area contributed by atoms with E-state index in [4.69, 9.17) is 0 Å². The molecule has 0 aromatic heterocycles. The molecule has 1 saturated carbocycles. The van der Waals surface area contributed by atoms with Crippen molar-refractivity contribution in [1.82, 2.24) is 4.90 Å². The molecule has 1 aromatic carbocycles. The molecular weight excluding hydrogens is 234 g/mol. The zero-order valence-electron chi connectivity index (χ0n) is 12.3. The molecule has 0 spiro atoms. The fourth-order valence-electron chi connectivity index (χ4n) is 2.88. The predicted molar refractivity (Wildman–Crippen MR) is 80.1 cm³/mol. The molecule has 2 rings (SSSR count). The molecule has 2 atom stereocenters. The highest BCUT2D eigenvalue weighted by Gasteiger charge is 2.36. The minimum Gasteiger partial charge on any atom is -0.387 e. The van der Waals surface area contributed by atoms with Crippen LogP contribution in [0.1, 0.15) is 57.6 Å². The Hall–Kier alpha value is -0.860. The van der Waals surface area contributed by atoms with Gasteiger partial charge in [-0.1, -0.05) is 50.6 Å². The number of benzene rings is 1. The normalized spacial score (nSPS) is 18.5. The molecule has 1 fully saturated rings. The second kappa shape index (κ2) is 7.06. The SMILES string of the molecule is CCCCN(C1CC1)C(CC)C(O)c1ccccc1. The van der Waals surface area contributed by atoms with E-state index in [1.54, 1.807) is 0 Å². The van der Waals surface area contributed by atoms with Gasteiger partial charge in [0.2, 0.25) is 0 Å². The van der Waals surface area contributed by atoms with Crippen molar-refractivity contribution in [2.45, 2.75) is 64.1 Å². The van der Waals surface area contributed by atoms with Gasteiger partial charge >= 0.3 is 0 Å². The highest BCUT2D eigenvalue weighted by molar-refractivity contribution is 5.19. The summed E-state index contributed by atoms with van der Waals surface area (Å²) in [5.41, 5.74) is 1.05. The first-order valence-electron chi connectivity index (χ1n) is 7.76. The Morgan fingerprint density at radius 1 is 1.21 bits per heavy atom. The number of nitrogens with zero attached hydrogens (tertiary/aromatic N) is 1. The van der Waals surface area contributed by atoms with Gasteiger partial charge in [-0.15, -0.1) is 0 Å². The molecule has 0 heterocycles. The van der Waals surface area contributed by atoms with Crippen LogP contribution >= 0.6 is 0 Å². The van der Waals surface area contributed by atoms with E-state index in [0.717, 1.165) is 24.6 Å². The van der Waals surface area contributed by atoms with Crippen LogP contribution in [-0.2, 0) is 0 Å². The molecule has 0 aliphatic heterocycles. The maximum absolute atomic E-state index is 10.7. The Balaban J connectivity index is 2.08. The van der Waals surface area contributed by atoms with Crippen LogP contribution in [-0.4, -0.2) is 28.6 Å². The lowest BCUT2D eigenvalue weighted by molar-refractivity contribution is 0.0397. The lowest BCUT2D eigenvalue weighted by Crippen LogP contribution is -2.41. The molecule has 2 unspecified atom stereocenters. The average Bonchev–Trinajstić information content (AvgIpc) is 3.28. The number of rotatable bonds is 8. The van der Waals surface area contributed by atoms with E-state index < -0.39 is 0 Å². The topological polar surface area (TPSA) is 23.5 Å². The Bertz CT molecular complexity index is 361. The fourth-order valence-corrected chi connectivity index (χ4v) is 2.88. The van der Waals surface area contributed by atoms with Crippen LogP contribution < -0.4 is 0 Å². The standard InChI is InChI=1S/C17H27NO/c1-3-5-13-18(15-11-12-15)16(4-2)17(19)14-9-7-6-8-10-14/h6-10,15-17,19H,3-5,11-13H2,1-2H3. The molecule has 19 heavy (non-hydrogen) atoms. The molecule has 0 bridgehead atoms. The van der Waals surface area contributed by atoms with Crippen molar-refractivity contribution in [3.05, 3.63) is 35.9 Å². The lowest BCUT2D eigenvalue weighted by Gasteiger charge is -2.34. The van der Waals surface area contributed by atoms with Gasteiger partial charge in [0.05, 0.1) is 6.10 Å². The first-order chi connectivity index (χ1) is 9.27. The van der Waals surface area contributed by atoms with Crippen molar-refractivity contribution in [2.75, 3.05) is 6.54 Å². The van der Waals surface area contributed by atoms with Crippen molar-refractivity contribution in [3.63, 3.8) is 0 Å². The summed E-state index contributed by atoms with van der Waals surface area (Å²) < 4.78 is 0. The minimum atomic E-state index is -0.358. The van der Waals surface area contributed by atoms with Crippen molar-refractivity contribution < 1.29 is 5.11 Å². The molecule has 0 amide bonds. The molecule has 1 N–H and O–H groups in total. The third kappa shape index (κ3) is 3.80. The van der Waals surface area contributed by atoms with Crippen molar-refractivity contribution in [2.24, 2.45) is 0 Å². The van der Waals surface area contributed by atoms with Gasteiger partial charge in [0, 0.05) is 12.1 Å². The van der Waals surface area contributed by atoms with Gasteiger partial charge < -0.3 is 5.11 Å². The van der Waals surface area contributed by atoms with Crippen LogP contribution in [0.4, 0.5) is 0 Å². The van der Waals surface area contributed by atoms with Crippen LogP contribution in [0.2, 0.25) is 0 Å². The molecule has 0 radical (unpaired) electrons. The van der Waals surface area contributed by atoms with Gasteiger partial charge in [0.15, 0.2) is 0 Å². The van der Waals surface area contributed by atoms with E-state index in [0.29, 0.717) is 0 Å². The van der Waals surface area contributed by atoms with E-state index in [2.05, 4.69) is 18.7 Å². The summed E-state index contributed by atoms with van der Waals surface area (Å²) in [6.45, 7) is 5.56. The molecular formula is C17H27NO. The van der Waals surface area contributed by atoms with Crippen molar-refractivity contribution in [1.29, 1.82) is 0 Å². The minimum absolute atomic E-state index is 0.265. The Morgan fingerprint density at radius 3 is 2.42 bits per heavy atom. The van der Waals surface area contributed by atoms with Crippen molar-refractivity contribution >= 4 is 0 Å². The largest absolute Gasteiger partial charge is 0.387 e. The lowest BCUT2D eigenvalue weighted by atomic mass is 9.98. The van der Waals surface area contributed by atoms with Crippen LogP contribution in [0.3, 0.4) is 0 Å². The highest BCUT2D eigenvalue weighted by Crippen LogP contribution is 2.34. The number of hydrogen-bond donors (Lipinski definition) is 1. The Morgan fingerprint density at radius 2 is 1.89 bits per heavy atom. The molecule has 1 aromatic rings. The highest BCUT2D eigenvalue weighted by atomic mass is 16.3. The molecule has 1 aliphatic rings. The summed E-state index contributed by atoms with van der Waals surface area (Å²) in [7, 11) is 0. The van der Waals surface area contributed by atoms with Gasteiger partial charge in [-0.2, -0.15) is 0 Å². The Kier molecular flexibility index (Phi) is 5.41. The zero-order valence-corrected chi connectivity index (χ0v) is 12.3. The summed E-state index contributed by atoms with van der Waals surface area (Å²) in [4.78, 5) is 2.56. The summed E-state index contributed by atoms with van der Waals surface area (Å²) in [5, 5.41) is 10.7. The van der Waals surface area contributed by atoms with Gasteiger partial charge in [-0.05, 0) is 37.8 Å². The molecule has 1 aliphatic carbocycles. The van der Waals surface area contributed by atoms with Crippen LogP contribution in [0.25, 0.3) is 0 Å². The van der Waals surface area contributed by atoms with E-state index in [1.165, 1.54) is 25.7 Å². The van der Waals surface area contributed by atoms with Crippen LogP contribution in [0, 0.1) is 0 Å². The zero-order chi connectivity index (χ0) is 13.7. The maximum atomic E-state index is 10.7. The predicted octanol–water partition coefficient (Wildman–Crippen LogP) is 3.76. The second-order valence-corrected chi connectivity index (χ2v) is 5.65. The number of unbranched alkanes of at least 4 members (excludes halogenated alkanes) is 1. The molecule has 0 saturated heterocycles. The van der Waals surface area contributed by atoms with Gasteiger partial charge in [-0.25, -0.2) is 0 Å². The average molecular weight is 261 g/mol. The molecule has 2 heteroatoms. The molecule has 106 valence electrons. The maximum Gasteiger partial charge on any atom is 0.0945 e. The summed E-state index contributed by atoms with van der Waals surface area (Å²) in [6, 6.07) is 11.1. The third-order valence-electron chi connectivity index (χ3n) is 4.14. The Labute approximate surface area is 117 Å². The van der Waals surface area contributed by atoms with Crippen molar-refractivity contribution in [3.8, 4) is 0 Å².